The Bertz CT molecular complexity index is 1420. The van der Waals surface area contributed by atoms with Gasteiger partial charge in [-0.1, -0.05) is 11.2 Å². The van der Waals surface area contributed by atoms with Gasteiger partial charge in [-0.2, -0.15) is 9.37 Å². The van der Waals surface area contributed by atoms with Crippen LogP contribution < -0.4 is 4.72 Å². The van der Waals surface area contributed by atoms with Gasteiger partial charge >= 0.3 is 11.9 Å². The molecular formula is C21H22FN6O6S+. The molecule has 0 spiro atoms. The number of aromatic nitrogens is 3. The van der Waals surface area contributed by atoms with Crippen LogP contribution in [-0.4, -0.2) is 68.4 Å². The summed E-state index contributed by atoms with van der Waals surface area (Å²) in [5.74, 6) is 0.00959. The fourth-order valence-corrected chi connectivity index (χ4v) is 5.53. The maximum atomic E-state index is 13.4. The van der Waals surface area contributed by atoms with Crippen molar-refractivity contribution in [3.8, 4) is 0 Å². The second-order valence-electron chi connectivity index (χ2n) is 8.76. The lowest BCUT2D eigenvalue weighted by atomic mass is 9.99. The minimum absolute atomic E-state index is 0.0000416. The SMILES string of the molecule is Cc1cc(CN2C(=O)C3=CC(S(=O)(=O)NC4(CF)CC4)C=CC3=[N+](Cc3nnc(C)o3)C2=O)on1. The molecule has 35 heavy (non-hydrogen) atoms. The molecule has 1 aliphatic heterocycles. The van der Waals surface area contributed by atoms with Crippen molar-refractivity contribution >= 4 is 27.7 Å². The number of hydrogen-bond donors (Lipinski definition) is 1. The van der Waals surface area contributed by atoms with Crippen LogP contribution in [0.25, 0.3) is 0 Å². The monoisotopic (exact) mass is 505 g/mol. The largest absolute Gasteiger partial charge is 0.502 e. The molecule has 1 N–H and O–H groups in total. The Kier molecular flexibility index (Phi) is 5.51. The zero-order valence-corrected chi connectivity index (χ0v) is 19.7. The minimum atomic E-state index is -4.03. The number of rotatable bonds is 8. The van der Waals surface area contributed by atoms with Crippen LogP contribution in [0.1, 0.15) is 36.1 Å². The fourth-order valence-electron chi connectivity index (χ4n) is 3.93. The van der Waals surface area contributed by atoms with E-state index in [2.05, 4.69) is 20.1 Å². The molecule has 2 aromatic heterocycles. The highest BCUT2D eigenvalue weighted by atomic mass is 32.2. The quantitative estimate of drug-likeness (QED) is 0.520. The van der Waals surface area contributed by atoms with E-state index in [0.717, 1.165) is 4.90 Å². The number of carbonyl (C=O) groups excluding carboxylic acids is 2. The lowest BCUT2D eigenvalue weighted by Gasteiger charge is -2.25. The number of urea groups is 1. The molecule has 0 aromatic carbocycles. The summed E-state index contributed by atoms with van der Waals surface area (Å²) >= 11 is 0. The van der Waals surface area contributed by atoms with Crippen molar-refractivity contribution in [3.05, 3.63) is 53.1 Å². The van der Waals surface area contributed by atoms with E-state index in [-0.39, 0.29) is 36.0 Å². The molecule has 3 aliphatic rings. The Labute approximate surface area is 199 Å². The van der Waals surface area contributed by atoms with Crippen LogP contribution >= 0.6 is 0 Å². The summed E-state index contributed by atoms with van der Waals surface area (Å²) in [6, 6.07) is 0.912. The van der Waals surface area contributed by atoms with Gasteiger partial charge in [0, 0.05) is 13.0 Å². The zero-order chi connectivity index (χ0) is 25.0. The number of alkyl halides is 1. The van der Waals surface area contributed by atoms with Crippen molar-refractivity contribution in [2.24, 2.45) is 0 Å². The summed E-state index contributed by atoms with van der Waals surface area (Å²) in [5, 5.41) is 10.2. The molecule has 5 rings (SSSR count). The first-order valence-electron chi connectivity index (χ1n) is 10.8. The highest BCUT2D eigenvalue weighted by Crippen LogP contribution is 2.37. The average molecular weight is 506 g/mol. The molecule has 3 amide bonds. The molecule has 1 atom stereocenters. The Morgan fingerprint density at radius 2 is 2.06 bits per heavy atom. The van der Waals surface area contributed by atoms with Gasteiger partial charge in [-0.25, -0.2) is 22.3 Å². The number of imide groups is 1. The van der Waals surface area contributed by atoms with E-state index in [1.54, 1.807) is 19.9 Å². The molecule has 0 saturated heterocycles. The lowest BCUT2D eigenvalue weighted by Crippen LogP contribution is -2.51. The van der Waals surface area contributed by atoms with Crippen molar-refractivity contribution in [2.45, 2.75) is 50.6 Å². The van der Waals surface area contributed by atoms with Gasteiger partial charge in [0.25, 0.3) is 5.89 Å². The highest BCUT2D eigenvalue weighted by molar-refractivity contribution is 7.90. The molecule has 12 nitrogen and oxygen atoms in total. The van der Waals surface area contributed by atoms with Crippen LogP contribution in [0.3, 0.4) is 0 Å². The van der Waals surface area contributed by atoms with Crippen LogP contribution in [0.4, 0.5) is 9.18 Å². The average Bonchev–Trinajstić information content (AvgIpc) is 3.26. The van der Waals surface area contributed by atoms with Gasteiger partial charge in [-0.05, 0) is 31.9 Å². The van der Waals surface area contributed by atoms with Gasteiger partial charge in [-0.3, -0.25) is 0 Å². The Hall–Kier alpha value is -3.52. The van der Waals surface area contributed by atoms with E-state index >= 15 is 0 Å². The summed E-state index contributed by atoms with van der Waals surface area (Å²) in [5.41, 5.74) is -0.319. The summed E-state index contributed by atoms with van der Waals surface area (Å²) < 4.78 is 53.5. The Balaban J connectivity index is 1.53. The van der Waals surface area contributed by atoms with Crippen LogP contribution in [-0.2, 0) is 27.9 Å². The number of amides is 3. The third kappa shape index (κ3) is 4.34. The van der Waals surface area contributed by atoms with E-state index in [0.29, 0.717) is 24.4 Å². The minimum Gasteiger partial charge on any atom is -0.421 e. The smallest absolute Gasteiger partial charge is 0.421 e. The number of carbonyl (C=O) groups is 2. The molecule has 3 heterocycles. The molecule has 0 bridgehead atoms. The van der Waals surface area contributed by atoms with Gasteiger partial charge in [0.15, 0.2) is 18.8 Å². The summed E-state index contributed by atoms with van der Waals surface area (Å²) in [7, 11) is -4.03. The third-order valence-corrected chi connectivity index (χ3v) is 7.68. The molecule has 1 unspecified atom stereocenters. The van der Waals surface area contributed by atoms with E-state index in [1.165, 1.54) is 22.8 Å². The molecule has 1 saturated carbocycles. The second-order valence-corrected chi connectivity index (χ2v) is 10.6. The zero-order valence-electron chi connectivity index (χ0n) is 18.9. The molecule has 0 radical (unpaired) electrons. The van der Waals surface area contributed by atoms with Crippen LogP contribution in [0.15, 0.2) is 38.8 Å². The molecular weight excluding hydrogens is 483 g/mol. The van der Waals surface area contributed by atoms with Gasteiger partial charge in [0.2, 0.25) is 15.9 Å². The van der Waals surface area contributed by atoms with Crippen molar-refractivity contribution in [2.75, 3.05) is 6.67 Å². The van der Waals surface area contributed by atoms with Gasteiger partial charge in [0.1, 0.15) is 23.2 Å². The van der Waals surface area contributed by atoms with E-state index in [9.17, 15) is 22.4 Å². The van der Waals surface area contributed by atoms with E-state index in [4.69, 9.17) is 8.94 Å². The van der Waals surface area contributed by atoms with Crippen molar-refractivity contribution in [3.63, 3.8) is 0 Å². The Morgan fingerprint density at radius 1 is 1.29 bits per heavy atom. The molecule has 1 fully saturated rings. The predicted octanol–water partition coefficient (Wildman–Crippen LogP) is 1.08. The topological polar surface area (TPSA) is 152 Å². The number of allylic oxidation sites excluding steroid dienone is 1. The van der Waals surface area contributed by atoms with Crippen LogP contribution in [0.2, 0.25) is 0 Å². The van der Waals surface area contributed by atoms with Crippen LogP contribution in [0, 0.1) is 13.8 Å². The normalized spacial score (nSPS) is 21.4. The number of hydrogen-bond acceptors (Lipinski definition) is 9. The molecule has 14 heteroatoms. The van der Waals surface area contributed by atoms with Crippen molar-refractivity contribution in [1.82, 2.24) is 25.0 Å². The second kappa shape index (κ2) is 8.30. The Morgan fingerprint density at radius 3 is 2.66 bits per heavy atom. The third-order valence-electron chi connectivity index (χ3n) is 5.96. The summed E-state index contributed by atoms with van der Waals surface area (Å²) in [4.78, 5) is 27.7. The number of sulfonamides is 1. The maximum absolute atomic E-state index is 13.4. The highest BCUT2D eigenvalue weighted by Gasteiger charge is 2.50. The number of fused-ring (bicyclic) bond motifs is 1. The molecule has 2 aliphatic carbocycles. The van der Waals surface area contributed by atoms with E-state index in [1.807, 2.05) is 0 Å². The number of aryl methyl sites for hydroxylation is 2. The lowest BCUT2D eigenvalue weighted by molar-refractivity contribution is -0.457. The number of halogens is 1. The van der Waals surface area contributed by atoms with Gasteiger partial charge in [0.05, 0.1) is 11.2 Å². The summed E-state index contributed by atoms with van der Waals surface area (Å²) in [6.07, 6.45) is 4.80. The van der Waals surface area contributed by atoms with E-state index < -0.39 is 39.4 Å². The number of nitrogens with zero attached hydrogens (tertiary/aromatic N) is 5. The first kappa shape index (κ1) is 23.2. The first-order valence-corrected chi connectivity index (χ1v) is 12.4. The summed E-state index contributed by atoms with van der Waals surface area (Å²) in [6.45, 7) is 2.13. The standard InChI is InChI=1S/C21H22FN6O6S/c1-12-7-14(34-25-12)9-28-19(29)16-8-15(35(31,32)26-21(11-22)5-6-21)3-4-17(16)27(20(28)30)10-18-24-23-13(2)33-18/h3-4,7-8,15,26H,5-6,9-11H2,1-2H3/q+1. The van der Waals surface area contributed by atoms with Gasteiger partial charge < -0.3 is 8.94 Å². The number of nitrogens with one attached hydrogen (secondary N) is 1. The van der Waals surface area contributed by atoms with Crippen LogP contribution in [0.5, 0.6) is 0 Å². The van der Waals surface area contributed by atoms with Crippen molar-refractivity contribution < 1.29 is 35.9 Å². The first-order chi connectivity index (χ1) is 16.6. The predicted molar refractivity (Wildman–Crippen MR) is 116 cm³/mol. The van der Waals surface area contributed by atoms with Gasteiger partial charge in [-0.15, -0.1) is 15.1 Å². The molecule has 184 valence electrons. The fraction of sp³-hybridized carbons (Fsp3) is 0.429. The van der Waals surface area contributed by atoms with Crippen molar-refractivity contribution in [1.29, 1.82) is 0 Å². The maximum Gasteiger partial charge on any atom is 0.502 e. The molecule has 2 aromatic rings.